The second kappa shape index (κ2) is 10.0. The highest BCUT2D eigenvalue weighted by molar-refractivity contribution is 7.99. The third-order valence-corrected chi connectivity index (χ3v) is 7.62. The van der Waals surface area contributed by atoms with Gasteiger partial charge in [-0.2, -0.15) is 11.8 Å². The smallest absolute Gasteiger partial charge is 0.255 e. The van der Waals surface area contributed by atoms with Crippen LogP contribution in [0, 0.1) is 6.92 Å². The molecule has 0 saturated carbocycles. The third-order valence-electron chi connectivity index (χ3n) is 6.67. The largest absolute Gasteiger partial charge is 0.367 e. The number of carbonyl (C=O) groups excluding carboxylic acids is 1. The molecule has 2 heterocycles. The Balaban J connectivity index is 1.21. The molecule has 33 heavy (non-hydrogen) atoms. The van der Waals surface area contributed by atoms with Gasteiger partial charge in [-0.05, 0) is 65.9 Å². The number of hydrogen-bond acceptors (Lipinski definition) is 4. The molecule has 1 saturated heterocycles. The van der Waals surface area contributed by atoms with Crippen LogP contribution in [-0.2, 0) is 19.5 Å². The van der Waals surface area contributed by atoms with Crippen molar-refractivity contribution in [2.45, 2.75) is 26.4 Å². The molecule has 3 aromatic carbocycles. The molecule has 0 aromatic heterocycles. The fourth-order valence-corrected chi connectivity index (χ4v) is 5.69. The van der Waals surface area contributed by atoms with E-state index in [1.807, 2.05) is 30.0 Å². The van der Waals surface area contributed by atoms with Gasteiger partial charge in [0.25, 0.3) is 5.91 Å². The second-order valence-electron chi connectivity index (χ2n) is 8.98. The standard InChI is InChI=1S/C28H31N3OS/c1-21-18-22(19-30-14-16-33-17-15-30)6-11-27(21)29-28(32)24-7-9-26(10-8-24)31-13-12-23-4-2-3-5-25(23)20-31/h2-11,18H,12-17,19-20H2,1H3,(H,29,32). The molecular formula is C28H31N3OS. The van der Waals surface area contributed by atoms with E-state index in [0.717, 1.165) is 56.1 Å². The van der Waals surface area contributed by atoms with Crippen molar-refractivity contribution < 1.29 is 4.79 Å². The molecule has 2 aliphatic rings. The van der Waals surface area contributed by atoms with E-state index in [-0.39, 0.29) is 5.91 Å². The third kappa shape index (κ3) is 5.26. The average Bonchev–Trinajstić information content (AvgIpc) is 2.86. The van der Waals surface area contributed by atoms with E-state index in [2.05, 4.69) is 70.6 Å². The molecule has 5 rings (SSSR count). The predicted molar refractivity (Wildman–Crippen MR) is 139 cm³/mol. The van der Waals surface area contributed by atoms with Gasteiger partial charge in [0.2, 0.25) is 0 Å². The summed E-state index contributed by atoms with van der Waals surface area (Å²) in [5.41, 5.74) is 7.99. The van der Waals surface area contributed by atoms with Gasteiger partial charge in [-0.3, -0.25) is 9.69 Å². The Morgan fingerprint density at radius 2 is 1.70 bits per heavy atom. The topological polar surface area (TPSA) is 35.6 Å². The van der Waals surface area contributed by atoms with Crippen molar-refractivity contribution in [3.05, 3.63) is 94.5 Å². The Labute approximate surface area is 201 Å². The number of anilines is 2. The highest BCUT2D eigenvalue weighted by atomic mass is 32.2. The molecule has 0 radical (unpaired) electrons. The number of hydrogen-bond donors (Lipinski definition) is 1. The zero-order chi connectivity index (χ0) is 22.6. The van der Waals surface area contributed by atoms with Gasteiger partial charge >= 0.3 is 0 Å². The van der Waals surface area contributed by atoms with Crippen LogP contribution in [0.4, 0.5) is 11.4 Å². The Morgan fingerprint density at radius 1 is 0.939 bits per heavy atom. The minimum atomic E-state index is -0.0607. The fraction of sp³-hybridized carbons (Fsp3) is 0.321. The molecule has 1 N–H and O–H groups in total. The number of benzene rings is 3. The van der Waals surface area contributed by atoms with Crippen molar-refractivity contribution in [1.82, 2.24) is 4.90 Å². The monoisotopic (exact) mass is 457 g/mol. The molecule has 0 aliphatic carbocycles. The van der Waals surface area contributed by atoms with Crippen LogP contribution in [0.25, 0.3) is 0 Å². The van der Waals surface area contributed by atoms with Gasteiger partial charge in [0.15, 0.2) is 0 Å². The van der Waals surface area contributed by atoms with Gasteiger partial charge in [0.05, 0.1) is 0 Å². The minimum Gasteiger partial charge on any atom is -0.367 e. The van der Waals surface area contributed by atoms with E-state index < -0.39 is 0 Å². The summed E-state index contributed by atoms with van der Waals surface area (Å²) in [5, 5.41) is 3.10. The summed E-state index contributed by atoms with van der Waals surface area (Å²) in [5.74, 6) is 2.38. The van der Waals surface area contributed by atoms with Crippen LogP contribution in [0.5, 0.6) is 0 Å². The van der Waals surface area contributed by atoms with Crippen LogP contribution in [0.15, 0.2) is 66.7 Å². The second-order valence-corrected chi connectivity index (χ2v) is 10.2. The van der Waals surface area contributed by atoms with Crippen molar-refractivity contribution in [1.29, 1.82) is 0 Å². The molecule has 0 spiro atoms. The zero-order valence-electron chi connectivity index (χ0n) is 19.2. The van der Waals surface area contributed by atoms with E-state index in [0.29, 0.717) is 5.56 Å². The number of thioether (sulfide) groups is 1. The van der Waals surface area contributed by atoms with Gasteiger partial charge in [0.1, 0.15) is 0 Å². The molecular weight excluding hydrogens is 426 g/mol. The van der Waals surface area contributed by atoms with Crippen molar-refractivity contribution in [3.63, 3.8) is 0 Å². The number of aryl methyl sites for hydroxylation is 1. The van der Waals surface area contributed by atoms with Gasteiger partial charge < -0.3 is 10.2 Å². The van der Waals surface area contributed by atoms with Crippen LogP contribution in [0.2, 0.25) is 0 Å². The highest BCUT2D eigenvalue weighted by Crippen LogP contribution is 2.25. The summed E-state index contributed by atoms with van der Waals surface area (Å²) in [6, 6.07) is 23.0. The highest BCUT2D eigenvalue weighted by Gasteiger charge is 2.17. The lowest BCUT2D eigenvalue weighted by molar-refractivity contribution is 0.102. The normalized spacial score (nSPS) is 16.3. The Hall–Kier alpha value is -2.76. The number of nitrogens with one attached hydrogen (secondary N) is 1. The molecule has 5 heteroatoms. The minimum absolute atomic E-state index is 0.0607. The first-order valence-electron chi connectivity index (χ1n) is 11.8. The average molecular weight is 458 g/mol. The number of rotatable bonds is 5. The number of carbonyl (C=O) groups is 1. The quantitative estimate of drug-likeness (QED) is 0.560. The summed E-state index contributed by atoms with van der Waals surface area (Å²) < 4.78 is 0. The molecule has 4 nitrogen and oxygen atoms in total. The van der Waals surface area contributed by atoms with Crippen LogP contribution in [0.1, 0.15) is 32.6 Å². The van der Waals surface area contributed by atoms with Crippen LogP contribution >= 0.6 is 11.8 Å². The van der Waals surface area contributed by atoms with Crippen LogP contribution < -0.4 is 10.2 Å². The molecule has 170 valence electrons. The SMILES string of the molecule is Cc1cc(CN2CCSCC2)ccc1NC(=O)c1ccc(N2CCc3ccccc3C2)cc1. The number of nitrogens with zero attached hydrogens (tertiary/aromatic N) is 2. The molecule has 1 fully saturated rings. The zero-order valence-corrected chi connectivity index (χ0v) is 20.0. The first-order valence-corrected chi connectivity index (χ1v) is 12.9. The lowest BCUT2D eigenvalue weighted by atomic mass is 9.99. The molecule has 0 unspecified atom stereocenters. The Morgan fingerprint density at radius 3 is 2.45 bits per heavy atom. The van der Waals surface area contributed by atoms with Gasteiger partial charge in [-0.25, -0.2) is 0 Å². The van der Waals surface area contributed by atoms with E-state index in [4.69, 9.17) is 0 Å². The van der Waals surface area contributed by atoms with E-state index in [9.17, 15) is 4.79 Å². The fourth-order valence-electron chi connectivity index (χ4n) is 4.72. The lowest BCUT2D eigenvalue weighted by Gasteiger charge is -2.30. The van der Waals surface area contributed by atoms with Gasteiger partial charge in [-0.15, -0.1) is 0 Å². The summed E-state index contributed by atoms with van der Waals surface area (Å²) in [7, 11) is 0. The van der Waals surface area contributed by atoms with Crippen molar-refractivity contribution in [2.75, 3.05) is 41.4 Å². The van der Waals surface area contributed by atoms with E-state index in [1.165, 1.54) is 28.2 Å². The van der Waals surface area contributed by atoms with Crippen molar-refractivity contribution in [3.8, 4) is 0 Å². The summed E-state index contributed by atoms with van der Waals surface area (Å²) in [6.45, 7) is 7.29. The summed E-state index contributed by atoms with van der Waals surface area (Å²) in [6.07, 6.45) is 1.06. The van der Waals surface area contributed by atoms with E-state index >= 15 is 0 Å². The first kappa shape index (κ1) is 22.1. The predicted octanol–water partition coefficient (Wildman–Crippen LogP) is 5.36. The maximum atomic E-state index is 12.9. The number of amides is 1. The maximum Gasteiger partial charge on any atom is 0.255 e. The van der Waals surface area contributed by atoms with Gasteiger partial charge in [0, 0.05) is 61.2 Å². The molecule has 3 aromatic rings. The molecule has 2 aliphatic heterocycles. The molecule has 1 amide bonds. The van der Waals surface area contributed by atoms with Crippen molar-refractivity contribution >= 4 is 29.0 Å². The van der Waals surface area contributed by atoms with Crippen LogP contribution in [0.3, 0.4) is 0 Å². The number of fused-ring (bicyclic) bond motifs is 1. The molecule has 0 atom stereocenters. The van der Waals surface area contributed by atoms with Crippen molar-refractivity contribution in [2.24, 2.45) is 0 Å². The van der Waals surface area contributed by atoms with Crippen LogP contribution in [-0.4, -0.2) is 41.9 Å². The Bertz CT molecular complexity index is 1120. The summed E-state index contributed by atoms with van der Waals surface area (Å²) >= 11 is 2.03. The summed E-state index contributed by atoms with van der Waals surface area (Å²) in [4.78, 5) is 17.8. The van der Waals surface area contributed by atoms with Gasteiger partial charge in [-0.1, -0.05) is 36.4 Å². The van der Waals surface area contributed by atoms with E-state index in [1.54, 1.807) is 0 Å². The molecule has 0 bridgehead atoms. The first-order chi connectivity index (χ1) is 16.2. The lowest BCUT2D eigenvalue weighted by Crippen LogP contribution is -2.31. The Kier molecular flexibility index (Phi) is 6.70. The maximum absolute atomic E-state index is 12.9.